The van der Waals surface area contributed by atoms with Crippen LogP contribution in [0.2, 0.25) is 0 Å². The SMILES string of the molecule is COC(=O)C1=C(CN2CCC(C(N)=O)CC2)NC(=O)NC1c1cccc(OC)c1. The molecule has 2 aliphatic heterocycles. The summed E-state index contributed by atoms with van der Waals surface area (Å²) in [7, 11) is 2.86. The fraction of sp³-hybridized carbons (Fsp3) is 0.450. The van der Waals surface area contributed by atoms with Crippen LogP contribution in [0.1, 0.15) is 24.4 Å². The summed E-state index contributed by atoms with van der Waals surface area (Å²) >= 11 is 0. The minimum atomic E-state index is -0.663. The fourth-order valence-electron chi connectivity index (χ4n) is 3.76. The van der Waals surface area contributed by atoms with Gasteiger partial charge in [-0.2, -0.15) is 0 Å². The number of piperidine rings is 1. The van der Waals surface area contributed by atoms with E-state index in [4.69, 9.17) is 15.2 Å². The van der Waals surface area contributed by atoms with Gasteiger partial charge in [-0.1, -0.05) is 12.1 Å². The average Bonchev–Trinajstić information content (AvgIpc) is 2.73. The molecule has 0 aliphatic carbocycles. The molecule has 4 N–H and O–H groups in total. The van der Waals surface area contributed by atoms with E-state index >= 15 is 0 Å². The number of hydrogen-bond donors (Lipinski definition) is 3. The van der Waals surface area contributed by atoms with Crippen LogP contribution in [0.5, 0.6) is 5.75 Å². The smallest absolute Gasteiger partial charge is 0.338 e. The van der Waals surface area contributed by atoms with Crippen molar-refractivity contribution in [2.45, 2.75) is 18.9 Å². The van der Waals surface area contributed by atoms with Crippen LogP contribution in [-0.2, 0) is 14.3 Å². The second-order valence-corrected chi connectivity index (χ2v) is 7.14. The van der Waals surface area contributed by atoms with Crippen LogP contribution in [0.15, 0.2) is 35.5 Å². The van der Waals surface area contributed by atoms with Gasteiger partial charge in [0.2, 0.25) is 5.91 Å². The Morgan fingerprint density at radius 1 is 1.24 bits per heavy atom. The normalized spacial score (nSPS) is 20.6. The molecule has 0 saturated carbocycles. The van der Waals surface area contributed by atoms with Crippen LogP contribution < -0.4 is 21.1 Å². The summed E-state index contributed by atoms with van der Waals surface area (Å²) in [6.07, 6.45) is 1.31. The highest BCUT2D eigenvalue weighted by molar-refractivity contribution is 5.95. The number of rotatable bonds is 6. The Kier molecular flexibility index (Phi) is 6.38. The average molecular weight is 402 g/mol. The van der Waals surface area contributed by atoms with Gasteiger partial charge < -0.3 is 25.8 Å². The molecule has 156 valence electrons. The molecular formula is C20H26N4O5. The Bertz CT molecular complexity index is 830. The summed E-state index contributed by atoms with van der Waals surface area (Å²) in [5, 5.41) is 5.55. The van der Waals surface area contributed by atoms with Gasteiger partial charge in [0.05, 0.1) is 25.8 Å². The Labute approximate surface area is 169 Å². The Morgan fingerprint density at radius 2 is 1.97 bits per heavy atom. The number of carbonyl (C=O) groups excluding carboxylic acids is 3. The zero-order valence-electron chi connectivity index (χ0n) is 16.6. The molecule has 1 aromatic rings. The zero-order valence-corrected chi connectivity index (χ0v) is 16.6. The van der Waals surface area contributed by atoms with Crippen molar-refractivity contribution in [3.63, 3.8) is 0 Å². The number of primary amides is 1. The number of methoxy groups -OCH3 is 2. The van der Waals surface area contributed by atoms with Gasteiger partial charge in [0, 0.05) is 18.2 Å². The third-order valence-corrected chi connectivity index (χ3v) is 5.36. The molecule has 1 aromatic carbocycles. The predicted molar refractivity (Wildman–Crippen MR) is 105 cm³/mol. The minimum Gasteiger partial charge on any atom is -0.497 e. The highest BCUT2D eigenvalue weighted by atomic mass is 16.5. The molecule has 0 bridgehead atoms. The van der Waals surface area contributed by atoms with Crippen molar-refractivity contribution < 1.29 is 23.9 Å². The molecule has 3 rings (SSSR count). The Morgan fingerprint density at radius 3 is 2.59 bits per heavy atom. The molecule has 9 heteroatoms. The molecule has 0 aromatic heterocycles. The first-order valence-electron chi connectivity index (χ1n) is 9.47. The van der Waals surface area contributed by atoms with Crippen LogP contribution in [0, 0.1) is 5.92 Å². The summed E-state index contributed by atoms with van der Waals surface area (Å²) in [6.45, 7) is 1.67. The molecular weight excluding hydrogens is 376 g/mol. The van der Waals surface area contributed by atoms with Gasteiger partial charge >= 0.3 is 12.0 Å². The monoisotopic (exact) mass is 402 g/mol. The molecule has 0 radical (unpaired) electrons. The van der Waals surface area contributed by atoms with Crippen LogP contribution in [0.3, 0.4) is 0 Å². The summed E-state index contributed by atoms with van der Waals surface area (Å²) in [4.78, 5) is 38.4. The van der Waals surface area contributed by atoms with E-state index in [1.165, 1.54) is 7.11 Å². The van der Waals surface area contributed by atoms with Crippen LogP contribution >= 0.6 is 0 Å². The van der Waals surface area contributed by atoms with E-state index in [0.717, 1.165) is 0 Å². The van der Waals surface area contributed by atoms with E-state index < -0.39 is 18.0 Å². The Balaban J connectivity index is 1.90. The van der Waals surface area contributed by atoms with Crippen molar-refractivity contribution in [2.75, 3.05) is 33.9 Å². The molecule has 0 spiro atoms. The second kappa shape index (κ2) is 8.95. The first-order valence-corrected chi connectivity index (χ1v) is 9.47. The lowest BCUT2D eigenvalue weighted by molar-refractivity contribution is -0.136. The number of urea groups is 1. The summed E-state index contributed by atoms with van der Waals surface area (Å²) in [5.41, 5.74) is 6.95. The quantitative estimate of drug-likeness (QED) is 0.601. The number of esters is 1. The topological polar surface area (TPSA) is 123 Å². The number of carbonyl (C=O) groups is 3. The van der Waals surface area contributed by atoms with Gasteiger partial charge in [-0.15, -0.1) is 0 Å². The van der Waals surface area contributed by atoms with E-state index in [1.807, 2.05) is 6.07 Å². The number of benzene rings is 1. The lowest BCUT2D eigenvalue weighted by atomic mass is 9.93. The third kappa shape index (κ3) is 4.68. The first-order chi connectivity index (χ1) is 13.9. The maximum absolute atomic E-state index is 12.6. The second-order valence-electron chi connectivity index (χ2n) is 7.14. The number of nitrogens with two attached hydrogens (primary N) is 1. The van der Waals surface area contributed by atoms with Gasteiger partial charge in [-0.3, -0.25) is 9.69 Å². The van der Waals surface area contributed by atoms with Crippen molar-refractivity contribution >= 4 is 17.9 Å². The van der Waals surface area contributed by atoms with E-state index in [1.54, 1.807) is 25.3 Å². The van der Waals surface area contributed by atoms with Gasteiger partial charge in [-0.25, -0.2) is 9.59 Å². The molecule has 1 unspecified atom stereocenters. The molecule has 29 heavy (non-hydrogen) atoms. The first kappa shape index (κ1) is 20.7. The van der Waals surface area contributed by atoms with Crippen molar-refractivity contribution in [3.8, 4) is 5.75 Å². The number of amides is 3. The number of likely N-dealkylation sites (tertiary alicyclic amines) is 1. The maximum atomic E-state index is 12.6. The predicted octanol–water partition coefficient (Wildman–Crippen LogP) is 0.674. The van der Waals surface area contributed by atoms with Gasteiger partial charge in [0.25, 0.3) is 0 Å². The molecule has 1 atom stereocenters. The van der Waals surface area contributed by atoms with Crippen LogP contribution in [0.4, 0.5) is 4.79 Å². The highest BCUT2D eigenvalue weighted by Gasteiger charge is 2.35. The molecule has 2 aliphatic rings. The number of ether oxygens (including phenoxy) is 2. The Hall–Kier alpha value is -3.07. The lowest BCUT2D eigenvalue weighted by Gasteiger charge is -2.34. The zero-order chi connectivity index (χ0) is 21.0. The molecule has 2 heterocycles. The molecule has 3 amide bonds. The van der Waals surface area contributed by atoms with Crippen LogP contribution in [0.25, 0.3) is 0 Å². The van der Waals surface area contributed by atoms with Crippen LogP contribution in [-0.4, -0.2) is 56.7 Å². The summed E-state index contributed by atoms with van der Waals surface area (Å²) < 4.78 is 10.3. The number of nitrogens with one attached hydrogen (secondary N) is 2. The number of nitrogens with zero attached hydrogens (tertiary/aromatic N) is 1. The van der Waals surface area contributed by atoms with Crippen molar-refractivity contribution in [2.24, 2.45) is 11.7 Å². The van der Waals surface area contributed by atoms with Gasteiger partial charge in [0.1, 0.15) is 5.75 Å². The number of hydrogen-bond acceptors (Lipinski definition) is 6. The summed E-state index contributed by atoms with van der Waals surface area (Å²) in [5.74, 6) is -0.318. The molecule has 9 nitrogen and oxygen atoms in total. The van der Waals surface area contributed by atoms with E-state index in [0.29, 0.717) is 55.1 Å². The van der Waals surface area contributed by atoms with Crippen molar-refractivity contribution in [1.82, 2.24) is 15.5 Å². The minimum absolute atomic E-state index is 0.132. The van der Waals surface area contributed by atoms with E-state index in [-0.39, 0.29) is 11.8 Å². The van der Waals surface area contributed by atoms with E-state index in [9.17, 15) is 14.4 Å². The van der Waals surface area contributed by atoms with Gasteiger partial charge in [-0.05, 0) is 43.6 Å². The summed E-state index contributed by atoms with van der Waals surface area (Å²) in [6, 6.07) is 6.12. The fourth-order valence-corrected chi connectivity index (χ4v) is 3.76. The molecule has 1 saturated heterocycles. The lowest BCUT2D eigenvalue weighted by Crippen LogP contribution is -2.49. The standard InChI is InChI=1S/C20H26N4O5/c1-28-14-5-3-4-13(10-14)17-16(19(26)29-2)15(22-20(27)23-17)11-24-8-6-12(7-9-24)18(21)25/h3-5,10,12,17H,6-9,11H2,1-2H3,(H2,21,25)(H2,22,23,27). The highest BCUT2D eigenvalue weighted by Crippen LogP contribution is 2.30. The molecule has 1 fully saturated rings. The van der Waals surface area contributed by atoms with Crippen molar-refractivity contribution in [3.05, 3.63) is 41.1 Å². The van der Waals surface area contributed by atoms with Gasteiger partial charge in [0.15, 0.2) is 0 Å². The van der Waals surface area contributed by atoms with E-state index in [2.05, 4.69) is 15.5 Å². The maximum Gasteiger partial charge on any atom is 0.338 e. The largest absolute Gasteiger partial charge is 0.497 e. The van der Waals surface area contributed by atoms with Crippen molar-refractivity contribution in [1.29, 1.82) is 0 Å². The third-order valence-electron chi connectivity index (χ3n) is 5.36.